The third kappa shape index (κ3) is 4.80. The van der Waals surface area contributed by atoms with Crippen molar-refractivity contribution < 1.29 is 14.3 Å². The summed E-state index contributed by atoms with van der Waals surface area (Å²) in [6.07, 6.45) is 3.72. The minimum absolute atomic E-state index is 0.330. The number of fused-ring (bicyclic) bond motifs is 1. The lowest BCUT2D eigenvalue weighted by molar-refractivity contribution is -0.455. The molecule has 7 heteroatoms. The van der Waals surface area contributed by atoms with Gasteiger partial charge in [0.15, 0.2) is 12.8 Å². The van der Waals surface area contributed by atoms with Crippen LogP contribution in [0.2, 0.25) is 0 Å². The van der Waals surface area contributed by atoms with E-state index in [1.807, 2.05) is 18.4 Å². The summed E-state index contributed by atoms with van der Waals surface area (Å²) in [5.74, 6) is 0.992. The van der Waals surface area contributed by atoms with Gasteiger partial charge in [0.2, 0.25) is 0 Å². The van der Waals surface area contributed by atoms with Gasteiger partial charge >= 0.3 is 6.09 Å². The number of benzene rings is 1. The Morgan fingerprint density at radius 3 is 3.04 bits per heavy atom. The molecule has 1 N–H and O–H groups in total. The molecule has 1 aromatic carbocycles. The SMILES string of the molecule is COC(=O)N[C@H](/C=[N+](\[O-])CCC1CN(C)c2ccccc21)CSC. The number of amides is 1. The van der Waals surface area contributed by atoms with Crippen LogP contribution in [-0.2, 0) is 4.74 Å². The largest absolute Gasteiger partial charge is 0.624 e. The van der Waals surface area contributed by atoms with Crippen LogP contribution in [0.25, 0.3) is 0 Å². The van der Waals surface area contributed by atoms with Gasteiger partial charge < -0.3 is 20.2 Å². The highest BCUT2D eigenvalue weighted by molar-refractivity contribution is 7.98. The summed E-state index contributed by atoms with van der Waals surface area (Å²) < 4.78 is 5.52. The van der Waals surface area contributed by atoms with Crippen molar-refractivity contribution in [2.45, 2.75) is 18.4 Å². The number of nitrogens with zero attached hydrogens (tertiary/aromatic N) is 2. The number of rotatable bonds is 7. The first-order chi connectivity index (χ1) is 11.5. The van der Waals surface area contributed by atoms with Crippen molar-refractivity contribution >= 4 is 29.8 Å². The van der Waals surface area contributed by atoms with Gasteiger partial charge in [-0.3, -0.25) is 0 Å². The molecule has 1 aliphatic rings. The van der Waals surface area contributed by atoms with Crippen LogP contribution in [0.15, 0.2) is 24.3 Å². The highest BCUT2D eigenvalue weighted by Gasteiger charge is 2.26. The van der Waals surface area contributed by atoms with E-state index in [-0.39, 0.29) is 6.04 Å². The number of hydroxylamine groups is 1. The Morgan fingerprint density at radius 1 is 1.58 bits per heavy atom. The molecule has 1 unspecified atom stereocenters. The van der Waals surface area contributed by atoms with E-state index in [9.17, 15) is 10.0 Å². The first-order valence-electron chi connectivity index (χ1n) is 7.97. The van der Waals surface area contributed by atoms with Gasteiger partial charge in [0.25, 0.3) is 0 Å². The third-order valence-corrected chi connectivity index (χ3v) is 4.85. The van der Waals surface area contributed by atoms with Crippen molar-refractivity contribution in [3.05, 3.63) is 35.0 Å². The van der Waals surface area contributed by atoms with Crippen LogP contribution in [0.1, 0.15) is 17.9 Å². The van der Waals surface area contributed by atoms with E-state index in [1.165, 1.54) is 24.6 Å². The number of anilines is 1. The fourth-order valence-electron chi connectivity index (χ4n) is 3.02. The van der Waals surface area contributed by atoms with Gasteiger partial charge in [-0.2, -0.15) is 11.8 Å². The number of thioether (sulfide) groups is 1. The van der Waals surface area contributed by atoms with E-state index < -0.39 is 6.09 Å². The first-order valence-corrected chi connectivity index (χ1v) is 9.36. The second-order valence-electron chi connectivity index (χ2n) is 5.91. The maximum absolute atomic E-state index is 12.2. The lowest BCUT2D eigenvalue weighted by Gasteiger charge is -2.15. The molecule has 1 heterocycles. The fraction of sp³-hybridized carbons (Fsp3) is 0.529. The second kappa shape index (κ2) is 8.82. The maximum atomic E-state index is 12.2. The van der Waals surface area contributed by atoms with E-state index in [1.54, 1.807) is 11.8 Å². The molecule has 0 fully saturated rings. The molecule has 1 amide bonds. The van der Waals surface area contributed by atoms with Crippen LogP contribution in [0.5, 0.6) is 0 Å². The summed E-state index contributed by atoms with van der Waals surface area (Å²) in [6.45, 7) is 1.34. The van der Waals surface area contributed by atoms with E-state index in [0.29, 0.717) is 18.2 Å². The Bertz CT molecular complexity index is 594. The Labute approximate surface area is 147 Å². The van der Waals surface area contributed by atoms with Gasteiger partial charge in [-0.1, -0.05) is 18.2 Å². The van der Waals surface area contributed by atoms with Gasteiger partial charge in [0.1, 0.15) is 6.04 Å². The molecule has 0 aliphatic carbocycles. The number of alkyl carbamates (subject to hydrolysis) is 1. The summed E-state index contributed by atoms with van der Waals surface area (Å²) in [5.41, 5.74) is 2.55. The summed E-state index contributed by atoms with van der Waals surface area (Å²) >= 11 is 1.56. The number of likely N-dealkylation sites (N-methyl/N-ethyl adjacent to an activating group) is 1. The number of nitrogens with one attached hydrogen (secondary N) is 1. The summed E-state index contributed by atoms with van der Waals surface area (Å²) in [7, 11) is 3.39. The van der Waals surface area contributed by atoms with Crippen molar-refractivity contribution in [1.29, 1.82) is 0 Å². The zero-order valence-electron chi connectivity index (χ0n) is 14.4. The number of carbonyl (C=O) groups is 1. The molecule has 1 aromatic rings. The Hall–Kier alpha value is -1.89. The third-order valence-electron chi connectivity index (χ3n) is 4.16. The summed E-state index contributed by atoms with van der Waals surface area (Å²) in [4.78, 5) is 13.6. The van der Waals surface area contributed by atoms with Crippen molar-refractivity contribution in [2.24, 2.45) is 0 Å². The van der Waals surface area contributed by atoms with Crippen LogP contribution >= 0.6 is 11.8 Å². The molecule has 0 aromatic heterocycles. The molecule has 0 radical (unpaired) electrons. The molecular formula is C17H25N3O3S. The quantitative estimate of drug-likeness (QED) is 0.353. The molecule has 0 saturated carbocycles. The van der Waals surface area contributed by atoms with E-state index in [0.717, 1.165) is 17.7 Å². The Kier molecular flexibility index (Phi) is 6.78. The average Bonchev–Trinajstić information content (AvgIpc) is 2.89. The highest BCUT2D eigenvalue weighted by atomic mass is 32.2. The second-order valence-corrected chi connectivity index (χ2v) is 6.82. The number of methoxy groups -OCH3 is 1. The monoisotopic (exact) mass is 351 g/mol. The molecule has 0 saturated heterocycles. The maximum Gasteiger partial charge on any atom is 0.407 e. The van der Waals surface area contributed by atoms with E-state index in [2.05, 4.69) is 34.1 Å². The minimum Gasteiger partial charge on any atom is -0.624 e. The molecule has 132 valence electrons. The lowest BCUT2D eigenvalue weighted by Crippen LogP contribution is -2.39. The predicted molar refractivity (Wildman–Crippen MR) is 99.3 cm³/mol. The molecule has 2 rings (SSSR count). The normalized spacial score (nSPS) is 18.2. The van der Waals surface area contributed by atoms with Gasteiger partial charge in [0, 0.05) is 37.4 Å². The molecule has 24 heavy (non-hydrogen) atoms. The molecule has 6 nitrogen and oxygen atoms in total. The van der Waals surface area contributed by atoms with Gasteiger partial charge in [-0.15, -0.1) is 0 Å². The number of hydrogen-bond donors (Lipinski definition) is 1. The van der Waals surface area contributed by atoms with Gasteiger partial charge in [-0.25, -0.2) is 9.53 Å². The Morgan fingerprint density at radius 2 is 2.33 bits per heavy atom. The standard InChI is InChI=1S/C17H25N3O3S/c1-19-10-13(15-6-4-5-7-16(15)19)8-9-20(22)11-14(12-24-3)18-17(21)23-2/h4-7,11,13-14H,8-10,12H2,1-3H3,(H,18,21)/b20-11-/t13?,14-/m1/s1. The minimum atomic E-state index is -0.523. The molecule has 2 atom stereocenters. The molecule has 1 aliphatic heterocycles. The van der Waals surface area contributed by atoms with Crippen LogP contribution in [-0.4, -0.2) is 62.3 Å². The van der Waals surface area contributed by atoms with Crippen molar-refractivity contribution in [2.75, 3.05) is 44.2 Å². The van der Waals surface area contributed by atoms with Gasteiger partial charge in [-0.05, 0) is 17.9 Å². The van der Waals surface area contributed by atoms with Crippen LogP contribution in [0, 0.1) is 5.21 Å². The van der Waals surface area contributed by atoms with Crippen molar-refractivity contribution in [1.82, 2.24) is 5.32 Å². The molecular weight excluding hydrogens is 326 g/mol. The number of ether oxygens (including phenoxy) is 1. The van der Waals surface area contributed by atoms with Crippen LogP contribution < -0.4 is 10.2 Å². The number of para-hydroxylation sites is 1. The van der Waals surface area contributed by atoms with E-state index in [4.69, 9.17) is 0 Å². The fourth-order valence-corrected chi connectivity index (χ4v) is 3.55. The number of carbonyl (C=O) groups excluding carboxylic acids is 1. The van der Waals surface area contributed by atoms with Crippen molar-refractivity contribution in [3.8, 4) is 0 Å². The lowest BCUT2D eigenvalue weighted by atomic mass is 9.98. The topological polar surface area (TPSA) is 67.6 Å². The van der Waals surface area contributed by atoms with Gasteiger partial charge in [0.05, 0.1) is 7.11 Å². The predicted octanol–water partition coefficient (Wildman–Crippen LogP) is 2.28. The first kappa shape index (κ1) is 18.4. The zero-order valence-corrected chi connectivity index (χ0v) is 15.2. The van der Waals surface area contributed by atoms with Crippen LogP contribution in [0.3, 0.4) is 0 Å². The highest BCUT2D eigenvalue weighted by Crippen LogP contribution is 2.36. The van der Waals surface area contributed by atoms with Crippen molar-refractivity contribution in [3.63, 3.8) is 0 Å². The Balaban J connectivity index is 1.94. The average molecular weight is 351 g/mol. The summed E-state index contributed by atoms with van der Waals surface area (Å²) in [5, 5.41) is 14.9. The zero-order chi connectivity index (χ0) is 17.5. The number of hydrogen-bond acceptors (Lipinski definition) is 5. The van der Waals surface area contributed by atoms with E-state index >= 15 is 0 Å². The smallest absolute Gasteiger partial charge is 0.407 e. The van der Waals surface area contributed by atoms with Crippen LogP contribution in [0.4, 0.5) is 10.5 Å². The molecule has 0 bridgehead atoms. The molecule has 0 spiro atoms. The summed E-state index contributed by atoms with van der Waals surface area (Å²) in [6, 6.07) is 8.00.